The Kier molecular flexibility index (Phi) is 4.68. The molecule has 0 saturated carbocycles. The summed E-state index contributed by atoms with van der Waals surface area (Å²) in [6.45, 7) is 5.75. The molecule has 1 atom stereocenters. The molecule has 1 unspecified atom stereocenters. The molecule has 1 N–H and O–H groups in total. The number of nitrogens with one attached hydrogen (secondary N) is 1. The summed E-state index contributed by atoms with van der Waals surface area (Å²) in [4.78, 5) is 14.1. The van der Waals surface area contributed by atoms with Crippen molar-refractivity contribution in [3.8, 4) is 11.5 Å². The fourth-order valence-corrected chi connectivity index (χ4v) is 2.74. The van der Waals surface area contributed by atoms with Gasteiger partial charge in [-0.05, 0) is 31.0 Å². The normalized spacial score (nSPS) is 19.2. The molecule has 2 heterocycles. The SMILES string of the molecule is CCN(CC1CCOC1)C(=O)NCc1ccc2c(c1)OCO2. The molecular formula is C16H22N2O4. The quantitative estimate of drug-likeness (QED) is 0.903. The first kappa shape index (κ1) is 15.0. The Labute approximate surface area is 130 Å². The summed E-state index contributed by atoms with van der Waals surface area (Å²) in [5, 5.41) is 2.96. The molecule has 1 aromatic carbocycles. The van der Waals surface area contributed by atoms with Gasteiger partial charge in [0, 0.05) is 32.2 Å². The minimum atomic E-state index is -0.0351. The molecule has 2 aliphatic heterocycles. The van der Waals surface area contributed by atoms with Gasteiger partial charge in [0.05, 0.1) is 6.61 Å². The van der Waals surface area contributed by atoms with E-state index in [1.54, 1.807) is 0 Å². The summed E-state index contributed by atoms with van der Waals surface area (Å²) in [6, 6.07) is 5.68. The number of carbonyl (C=O) groups excluding carboxylic acids is 1. The van der Waals surface area contributed by atoms with Crippen LogP contribution in [0.1, 0.15) is 18.9 Å². The van der Waals surface area contributed by atoms with E-state index in [4.69, 9.17) is 14.2 Å². The van der Waals surface area contributed by atoms with E-state index in [2.05, 4.69) is 5.32 Å². The minimum absolute atomic E-state index is 0.0351. The standard InChI is InChI=1S/C16H22N2O4/c1-2-18(9-13-5-6-20-10-13)16(19)17-8-12-3-4-14-15(7-12)22-11-21-14/h3-4,7,13H,2,5-6,8-11H2,1H3,(H,17,19). The maximum atomic E-state index is 12.3. The Bertz CT molecular complexity index is 529. The molecule has 120 valence electrons. The van der Waals surface area contributed by atoms with Gasteiger partial charge in [-0.3, -0.25) is 0 Å². The highest BCUT2D eigenvalue weighted by Gasteiger charge is 2.21. The number of ether oxygens (including phenoxy) is 3. The number of amides is 2. The highest BCUT2D eigenvalue weighted by Crippen LogP contribution is 2.32. The second-order valence-electron chi connectivity index (χ2n) is 5.61. The van der Waals surface area contributed by atoms with Crippen LogP contribution in [0.15, 0.2) is 18.2 Å². The molecule has 2 amide bonds. The van der Waals surface area contributed by atoms with E-state index in [0.717, 1.165) is 43.2 Å². The number of fused-ring (bicyclic) bond motifs is 1. The van der Waals surface area contributed by atoms with Crippen LogP contribution in [0.5, 0.6) is 11.5 Å². The van der Waals surface area contributed by atoms with Crippen LogP contribution in [0, 0.1) is 5.92 Å². The smallest absolute Gasteiger partial charge is 0.317 e. The number of rotatable bonds is 5. The van der Waals surface area contributed by atoms with E-state index in [1.165, 1.54) is 0 Å². The maximum absolute atomic E-state index is 12.3. The fraction of sp³-hybridized carbons (Fsp3) is 0.562. The van der Waals surface area contributed by atoms with Gasteiger partial charge in [0.25, 0.3) is 0 Å². The molecule has 0 aliphatic carbocycles. The molecule has 1 aromatic rings. The monoisotopic (exact) mass is 306 g/mol. The largest absolute Gasteiger partial charge is 0.454 e. The number of carbonyl (C=O) groups is 1. The molecule has 0 spiro atoms. The molecule has 6 nitrogen and oxygen atoms in total. The Morgan fingerprint density at radius 1 is 1.36 bits per heavy atom. The van der Waals surface area contributed by atoms with Crippen molar-refractivity contribution in [2.45, 2.75) is 19.9 Å². The van der Waals surface area contributed by atoms with Gasteiger partial charge in [-0.25, -0.2) is 4.79 Å². The fourth-order valence-electron chi connectivity index (χ4n) is 2.74. The second kappa shape index (κ2) is 6.87. The third kappa shape index (κ3) is 3.44. The van der Waals surface area contributed by atoms with Crippen LogP contribution < -0.4 is 14.8 Å². The summed E-state index contributed by atoms with van der Waals surface area (Å²) in [7, 11) is 0. The molecule has 0 bridgehead atoms. The summed E-state index contributed by atoms with van der Waals surface area (Å²) in [5.41, 5.74) is 0.998. The molecule has 1 saturated heterocycles. The highest BCUT2D eigenvalue weighted by molar-refractivity contribution is 5.74. The number of hydrogen-bond donors (Lipinski definition) is 1. The predicted octanol–water partition coefficient (Wildman–Crippen LogP) is 1.98. The van der Waals surface area contributed by atoms with Crippen molar-refractivity contribution in [3.05, 3.63) is 23.8 Å². The zero-order valence-corrected chi connectivity index (χ0v) is 12.8. The van der Waals surface area contributed by atoms with Gasteiger partial charge < -0.3 is 24.4 Å². The first-order valence-electron chi connectivity index (χ1n) is 7.75. The zero-order chi connectivity index (χ0) is 15.4. The van der Waals surface area contributed by atoms with Crippen LogP contribution in [0.2, 0.25) is 0 Å². The first-order chi connectivity index (χ1) is 10.8. The summed E-state index contributed by atoms with van der Waals surface area (Å²) in [6.07, 6.45) is 1.03. The zero-order valence-electron chi connectivity index (χ0n) is 12.8. The second-order valence-corrected chi connectivity index (χ2v) is 5.61. The van der Waals surface area contributed by atoms with Crippen molar-refractivity contribution in [2.24, 2.45) is 5.92 Å². The van der Waals surface area contributed by atoms with Crippen molar-refractivity contribution >= 4 is 6.03 Å². The van der Waals surface area contributed by atoms with Crippen molar-refractivity contribution in [3.63, 3.8) is 0 Å². The van der Waals surface area contributed by atoms with Gasteiger partial charge in [-0.2, -0.15) is 0 Å². The van der Waals surface area contributed by atoms with Gasteiger partial charge in [-0.15, -0.1) is 0 Å². The van der Waals surface area contributed by atoms with Crippen molar-refractivity contribution in [2.75, 3.05) is 33.1 Å². The highest BCUT2D eigenvalue weighted by atomic mass is 16.7. The average molecular weight is 306 g/mol. The van der Waals surface area contributed by atoms with Gasteiger partial charge in [-0.1, -0.05) is 6.07 Å². The molecule has 2 aliphatic rings. The molecule has 22 heavy (non-hydrogen) atoms. The molecule has 6 heteroatoms. The maximum Gasteiger partial charge on any atom is 0.317 e. The lowest BCUT2D eigenvalue weighted by atomic mass is 10.1. The molecule has 3 rings (SSSR count). The van der Waals surface area contributed by atoms with Gasteiger partial charge in [0.2, 0.25) is 6.79 Å². The molecular weight excluding hydrogens is 284 g/mol. The lowest BCUT2D eigenvalue weighted by Gasteiger charge is -2.24. The van der Waals surface area contributed by atoms with Crippen LogP contribution in [-0.4, -0.2) is 44.0 Å². The van der Waals surface area contributed by atoms with E-state index >= 15 is 0 Å². The summed E-state index contributed by atoms with van der Waals surface area (Å²) >= 11 is 0. The van der Waals surface area contributed by atoms with E-state index in [-0.39, 0.29) is 12.8 Å². The molecule has 0 aromatic heterocycles. The van der Waals surface area contributed by atoms with Crippen LogP contribution >= 0.6 is 0 Å². The Balaban J connectivity index is 1.52. The van der Waals surface area contributed by atoms with Crippen LogP contribution in [0.3, 0.4) is 0 Å². The van der Waals surface area contributed by atoms with Crippen LogP contribution in [-0.2, 0) is 11.3 Å². The number of hydrogen-bond acceptors (Lipinski definition) is 4. The van der Waals surface area contributed by atoms with Crippen molar-refractivity contribution < 1.29 is 19.0 Å². The van der Waals surface area contributed by atoms with E-state index in [0.29, 0.717) is 19.0 Å². The lowest BCUT2D eigenvalue weighted by molar-refractivity contribution is 0.166. The van der Waals surface area contributed by atoms with E-state index in [9.17, 15) is 4.79 Å². The van der Waals surface area contributed by atoms with E-state index in [1.807, 2.05) is 30.0 Å². The van der Waals surface area contributed by atoms with Crippen LogP contribution in [0.25, 0.3) is 0 Å². The average Bonchev–Trinajstić information content (AvgIpc) is 3.20. The molecule has 0 radical (unpaired) electrons. The van der Waals surface area contributed by atoms with Gasteiger partial charge in [0.15, 0.2) is 11.5 Å². The molecule has 1 fully saturated rings. The number of urea groups is 1. The van der Waals surface area contributed by atoms with Gasteiger partial charge in [0.1, 0.15) is 0 Å². The van der Waals surface area contributed by atoms with E-state index < -0.39 is 0 Å². The number of benzene rings is 1. The first-order valence-corrected chi connectivity index (χ1v) is 7.75. The Hall–Kier alpha value is -1.95. The van der Waals surface area contributed by atoms with Crippen molar-refractivity contribution in [1.82, 2.24) is 10.2 Å². The van der Waals surface area contributed by atoms with Gasteiger partial charge >= 0.3 is 6.03 Å². The minimum Gasteiger partial charge on any atom is -0.454 e. The predicted molar refractivity (Wildman–Crippen MR) is 81.0 cm³/mol. The Morgan fingerprint density at radius 2 is 2.23 bits per heavy atom. The number of nitrogens with zero attached hydrogens (tertiary/aromatic N) is 1. The topological polar surface area (TPSA) is 60.0 Å². The third-order valence-corrected chi connectivity index (χ3v) is 4.05. The van der Waals surface area contributed by atoms with Crippen molar-refractivity contribution in [1.29, 1.82) is 0 Å². The lowest BCUT2D eigenvalue weighted by Crippen LogP contribution is -2.42. The summed E-state index contributed by atoms with van der Waals surface area (Å²) < 4.78 is 16.0. The third-order valence-electron chi connectivity index (χ3n) is 4.05. The Morgan fingerprint density at radius 3 is 3.00 bits per heavy atom. The summed E-state index contributed by atoms with van der Waals surface area (Å²) in [5.74, 6) is 1.95. The van der Waals surface area contributed by atoms with Crippen LogP contribution in [0.4, 0.5) is 4.79 Å².